The molecule has 2 rings (SSSR count). The largest absolute Gasteiger partial charge is 0.381 e. The van der Waals surface area contributed by atoms with E-state index < -0.39 is 15.8 Å². The van der Waals surface area contributed by atoms with Crippen LogP contribution in [0.4, 0.5) is 5.69 Å². The fraction of sp³-hybridized carbons (Fsp3) is 0.500. The first-order valence-electron chi connectivity index (χ1n) is 6.02. The van der Waals surface area contributed by atoms with Crippen molar-refractivity contribution < 1.29 is 14.6 Å². The van der Waals surface area contributed by atoms with E-state index in [2.05, 4.69) is 0 Å². The van der Waals surface area contributed by atoms with E-state index in [4.69, 9.17) is 4.74 Å². The molecule has 19 heavy (non-hydrogen) atoms. The average Bonchev–Trinajstić information content (AvgIpc) is 2.89. The summed E-state index contributed by atoms with van der Waals surface area (Å²) in [5.74, 6) is -0.509. The number of hydrogen-bond donors (Lipinski definition) is 0. The first kappa shape index (κ1) is 13.4. The van der Waals surface area contributed by atoms with Crippen molar-refractivity contribution >= 4 is 5.69 Å². The van der Waals surface area contributed by atoms with E-state index in [1.807, 2.05) is 0 Å². The second-order valence-electron chi connectivity index (χ2n) is 4.56. The molecule has 1 unspecified atom stereocenters. The van der Waals surface area contributed by atoms with Gasteiger partial charge in [-0.1, -0.05) is 18.2 Å². The van der Waals surface area contributed by atoms with Crippen molar-refractivity contribution in [1.82, 2.24) is 0 Å². The predicted octanol–water partition coefficient (Wildman–Crippen LogP) is 1.99. The first-order chi connectivity index (χ1) is 9.09. The molecule has 7 nitrogen and oxygen atoms in total. The van der Waals surface area contributed by atoms with Crippen LogP contribution in [0, 0.1) is 26.1 Å². The Morgan fingerprint density at radius 1 is 1.32 bits per heavy atom. The minimum Gasteiger partial charge on any atom is -0.381 e. The van der Waals surface area contributed by atoms with E-state index in [1.54, 1.807) is 18.2 Å². The monoisotopic (exact) mass is 266 g/mol. The lowest BCUT2D eigenvalue weighted by atomic mass is 9.84. The third-order valence-electron chi connectivity index (χ3n) is 3.41. The normalized spacial score (nSPS) is 20.1. The minimum absolute atomic E-state index is 0.0356. The van der Waals surface area contributed by atoms with Crippen LogP contribution in [0.1, 0.15) is 17.9 Å². The lowest BCUT2D eigenvalue weighted by Crippen LogP contribution is -2.22. The minimum atomic E-state index is -0.488. The smallest absolute Gasteiger partial charge is 0.273 e. The zero-order chi connectivity index (χ0) is 13.8. The summed E-state index contributed by atoms with van der Waals surface area (Å²) in [6.45, 7) is 0.670. The molecule has 0 amide bonds. The Bertz CT molecular complexity index is 485. The van der Waals surface area contributed by atoms with Gasteiger partial charge in [-0.3, -0.25) is 20.2 Å². The first-order valence-corrected chi connectivity index (χ1v) is 6.02. The third kappa shape index (κ3) is 3.05. The van der Waals surface area contributed by atoms with Gasteiger partial charge in [0.25, 0.3) is 5.69 Å². The average molecular weight is 266 g/mol. The molecular weight excluding hydrogens is 252 g/mol. The third-order valence-corrected chi connectivity index (χ3v) is 3.41. The van der Waals surface area contributed by atoms with E-state index >= 15 is 0 Å². The molecule has 0 N–H and O–H groups in total. The van der Waals surface area contributed by atoms with Gasteiger partial charge in [-0.05, 0) is 12.3 Å². The summed E-state index contributed by atoms with van der Waals surface area (Å²) in [5.41, 5.74) is 0.376. The fourth-order valence-electron chi connectivity index (χ4n) is 2.50. The van der Waals surface area contributed by atoms with Gasteiger partial charge >= 0.3 is 0 Å². The summed E-state index contributed by atoms with van der Waals surface area (Å²) < 4.78 is 5.25. The number of ether oxygens (including phenoxy) is 1. The predicted molar refractivity (Wildman–Crippen MR) is 66.6 cm³/mol. The highest BCUT2D eigenvalue weighted by Crippen LogP contribution is 2.35. The van der Waals surface area contributed by atoms with Crippen molar-refractivity contribution in [3.05, 3.63) is 50.1 Å². The van der Waals surface area contributed by atoms with Crippen molar-refractivity contribution in [2.75, 3.05) is 19.8 Å². The summed E-state index contributed by atoms with van der Waals surface area (Å²) in [6.07, 6.45) is 0.699. The number of nitrogens with zero attached hydrogens (tertiary/aromatic N) is 2. The summed E-state index contributed by atoms with van der Waals surface area (Å²) in [7, 11) is 0. The Labute approximate surface area is 109 Å². The van der Waals surface area contributed by atoms with Crippen molar-refractivity contribution in [2.24, 2.45) is 5.92 Å². The van der Waals surface area contributed by atoms with Crippen LogP contribution in [-0.2, 0) is 4.74 Å². The van der Waals surface area contributed by atoms with Gasteiger partial charge in [0.1, 0.15) is 0 Å². The topological polar surface area (TPSA) is 95.5 Å². The molecule has 0 spiro atoms. The molecule has 0 aromatic heterocycles. The van der Waals surface area contributed by atoms with Crippen molar-refractivity contribution in [2.45, 2.75) is 12.3 Å². The molecule has 1 saturated heterocycles. The van der Waals surface area contributed by atoms with Gasteiger partial charge < -0.3 is 4.74 Å². The maximum absolute atomic E-state index is 11.0. The highest BCUT2D eigenvalue weighted by Gasteiger charge is 2.34. The molecule has 0 aliphatic carbocycles. The molecule has 1 heterocycles. The Hall–Kier alpha value is -2.02. The molecule has 0 radical (unpaired) electrons. The molecule has 0 saturated carbocycles. The van der Waals surface area contributed by atoms with Gasteiger partial charge in [-0.25, -0.2) is 0 Å². The van der Waals surface area contributed by atoms with Gasteiger partial charge in [0, 0.05) is 23.2 Å². The maximum atomic E-state index is 11.0. The van der Waals surface area contributed by atoms with E-state index in [9.17, 15) is 20.2 Å². The van der Waals surface area contributed by atoms with Crippen LogP contribution in [0.3, 0.4) is 0 Å². The molecule has 1 fully saturated rings. The lowest BCUT2D eigenvalue weighted by Gasteiger charge is -2.18. The molecule has 102 valence electrons. The van der Waals surface area contributed by atoms with E-state index in [0.717, 1.165) is 0 Å². The maximum Gasteiger partial charge on any atom is 0.273 e. The standard InChI is InChI=1S/C12H14N2O5/c15-13(16)7-11(9-5-6-19-8-9)10-3-1-2-4-12(10)14(17)18/h1-4,9,11H,5-8H2/t9?,11-/m1/s1. The molecule has 1 aliphatic rings. The zero-order valence-electron chi connectivity index (χ0n) is 10.2. The highest BCUT2D eigenvalue weighted by molar-refractivity contribution is 5.42. The summed E-state index contributed by atoms with van der Waals surface area (Å²) in [6, 6.07) is 6.23. The molecule has 1 aromatic rings. The molecule has 1 aromatic carbocycles. The van der Waals surface area contributed by atoms with Crippen LogP contribution in [0.25, 0.3) is 0 Å². The quantitative estimate of drug-likeness (QED) is 0.599. The number of nitro groups is 2. The number of benzene rings is 1. The van der Waals surface area contributed by atoms with Crippen LogP contribution in [-0.4, -0.2) is 29.6 Å². The summed E-state index contributed by atoms with van der Waals surface area (Å²) in [5, 5.41) is 21.8. The molecule has 2 atom stereocenters. The van der Waals surface area contributed by atoms with Crippen LogP contribution in [0.15, 0.2) is 24.3 Å². The van der Waals surface area contributed by atoms with Crippen LogP contribution in [0.5, 0.6) is 0 Å². The van der Waals surface area contributed by atoms with E-state index in [1.165, 1.54) is 6.07 Å². The van der Waals surface area contributed by atoms with Gasteiger partial charge in [0.15, 0.2) is 0 Å². The molecule has 0 bridgehead atoms. The Morgan fingerprint density at radius 3 is 2.63 bits per heavy atom. The fourth-order valence-corrected chi connectivity index (χ4v) is 2.50. The number of rotatable bonds is 5. The van der Waals surface area contributed by atoms with Crippen molar-refractivity contribution in [1.29, 1.82) is 0 Å². The molecule has 7 heteroatoms. The second-order valence-corrected chi connectivity index (χ2v) is 4.56. The van der Waals surface area contributed by atoms with E-state index in [0.29, 0.717) is 25.2 Å². The van der Waals surface area contributed by atoms with Crippen molar-refractivity contribution in [3.8, 4) is 0 Å². The number of para-hydroxylation sites is 1. The van der Waals surface area contributed by atoms with Crippen molar-refractivity contribution in [3.63, 3.8) is 0 Å². The number of hydrogen-bond acceptors (Lipinski definition) is 5. The zero-order valence-corrected chi connectivity index (χ0v) is 10.2. The Balaban J connectivity index is 2.36. The SMILES string of the molecule is O=[N+]([O-])C[C@@H](c1ccccc1[N+](=O)[O-])C1CCOC1. The number of nitro benzene ring substituents is 1. The highest BCUT2D eigenvalue weighted by atomic mass is 16.6. The lowest BCUT2D eigenvalue weighted by molar-refractivity contribution is -0.485. The molecule has 1 aliphatic heterocycles. The second kappa shape index (κ2) is 5.75. The summed E-state index contributed by atoms with van der Waals surface area (Å²) in [4.78, 5) is 20.9. The molecular formula is C12H14N2O5. The Kier molecular flexibility index (Phi) is 4.06. The van der Waals surface area contributed by atoms with E-state index in [-0.39, 0.29) is 18.2 Å². The van der Waals surface area contributed by atoms with Gasteiger partial charge in [0.05, 0.1) is 17.4 Å². The van der Waals surface area contributed by atoms with Gasteiger partial charge in [-0.15, -0.1) is 0 Å². The van der Waals surface area contributed by atoms with Gasteiger partial charge in [-0.2, -0.15) is 0 Å². The van der Waals surface area contributed by atoms with Crippen LogP contribution in [0.2, 0.25) is 0 Å². The summed E-state index contributed by atoms with van der Waals surface area (Å²) >= 11 is 0. The van der Waals surface area contributed by atoms with Crippen LogP contribution < -0.4 is 0 Å². The van der Waals surface area contributed by atoms with Crippen LogP contribution >= 0.6 is 0 Å². The van der Waals surface area contributed by atoms with Gasteiger partial charge in [0.2, 0.25) is 6.54 Å². The Morgan fingerprint density at radius 2 is 2.05 bits per heavy atom.